The van der Waals surface area contributed by atoms with E-state index in [2.05, 4.69) is 58.2 Å². The lowest BCUT2D eigenvalue weighted by Crippen LogP contribution is -2.45. The van der Waals surface area contributed by atoms with Gasteiger partial charge in [0.25, 0.3) is 0 Å². The number of anilines is 1. The average Bonchev–Trinajstić information content (AvgIpc) is 3.04. The smallest absolute Gasteiger partial charge is 0.186 e. The predicted octanol–water partition coefficient (Wildman–Crippen LogP) is 4.47. The maximum absolute atomic E-state index is 4.85. The molecule has 4 nitrogen and oxygen atoms in total. The zero-order valence-electron chi connectivity index (χ0n) is 14.7. The Bertz CT molecular complexity index is 985. The minimum absolute atomic E-state index is 0.413. The number of hydrogen-bond acceptors (Lipinski definition) is 5. The molecule has 2 aromatic heterocycles. The van der Waals surface area contributed by atoms with Gasteiger partial charge in [0, 0.05) is 37.0 Å². The van der Waals surface area contributed by atoms with Gasteiger partial charge in [-0.1, -0.05) is 41.2 Å². The Kier molecular flexibility index (Phi) is 3.82. The van der Waals surface area contributed by atoms with Crippen LogP contribution in [0.3, 0.4) is 0 Å². The number of fused-ring (bicyclic) bond motifs is 1. The van der Waals surface area contributed by atoms with Gasteiger partial charge in [0.1, 0.15) is 0 Å². The lowest BCUT2D eigenvalue weighted by Gasteiger charge is -2.39. The maximum Gasteiger partial charge on any atom is 0.186 e. The topological polar surface area (TPSA) is 41.9 Å². The minimum Gasteiger partial charge on any atom is -0.347 e. The van der Waals surface area contributed by atoms with Gasteiger partial charge in [-0.25, -0.2) is 4.98 Å². The van der Waals surface area contributed by atoms with E-state index in [1.165, 1.54) is 16.1 Å². The Labute approximate surface area is 157 Å². The third-order valence-corrected chi connectivity index (χ3v) is 6.21. The summed E-state index contributed by atoms with van der Waals surface area (Å²) in [6.45, 7) is 4.05. The van der Waals surface area contributed by atoms with E-state index in [1.807, 2.05) is 17.5 Å². The zero-order chi connectivity index (χ0) is 17.5. The normalized spacial score (nSPS) is 16.4. The minimum atomic E-state index is 0.413. The molecule has 0 atom stereocenters. The van der Waals surface area contributed by atoms with Crippen molar-refractivity contribution in [1.29, 1.82) is 0 Å². The summed E-state index contributed by atoms with van der Waals surface area (Å²) >= 11 is 1.81. The van der Waals surface area contributed by atoms with E-state index in [9.17, 15) is 0 Å². The summed E-state index contributed by atoms with van der Waals surface area (Å²) in [5.74, 6) is 0.413. The number of hydrogen-bond donors (Lipinski definition) is 0. The Morgan fingerprint density at radius 1 is 1.15 bits per heavy atom. The van der Waals surface area contributed by atoms with E-state index in [0.29, 0.717) is 5.92 Å². The Hall–Kier alpha value is -2.53. The summed E-state index contributed by atoms with van der Waals surface area (Å²) in [4.78, 5) is 17.9. The number of nitrogens with zero attached hydrogens (tertiary/aromatic N) is 4. The molecule has 0 radical (unpaired) electrons. The molecule has 1 aliphatic carbocycles. The zero-order valence-corrected chi connectivity index (χ0v) is 15.5. The summed E-state index contributed by atoms with van der Waals surface area (Å²) in [6, 6.07) is 8.51. The van der Waals surface area contributed by atoms with E-state index in [4.69, 9.17) is 4.98 Å². The lowest BCUT2D eigenvalue weighted by molar-refractivity contribution is 0.512. The largest absolute Gasteiger partial charge is 0.347 e. The van der Waals surface area contributed by atoms with Crippen LogP contribution in [-0.2, 0) is 6.42 Å². The summed E-state index contributed by atoms with van der Waals surface area (Å²) in [7, 11) is 0. The monoisotopic (exact) mass is 360 g/mol. The van der Waals surface area contributed by atoms with Gasteiger partial charge >= 0.3 is 0 Å². The van der Waals surface area contributed by atoms with Crippen molar-refractivity contribution in [2.75, 3.05) is 18.0 Å². The van der Waals surface area contributed by atoms with Crippen molar-refractivity contribution in [1.82, 2.24) is 15.0 Å². The second-order valence-corrected chi connectivity index (χ2v) is 8.02. The molecule has 1 aliphatic heterocycles. The Morgan fingerprint density at radius 2 is 2.04 bits per heavy atom. The van der Waals surface area contributed by atoms with Crippen molar-refractivity contribution in [3.05, 3.63) is 64.6 Å². The lowest BCUT2D eigenvalue weighted by atomic mass is 9.92. The fraction of sp³-hybridized carbons (Fsp3) is 0.286. The molecule has 0 saturated carbocycles. The fourth-order valence-corrected chi connectivity index (χ4v) is 4.74. The molecular weight excluding hydrogens is 340 g/mol. The van der Waals surface area contributed by atoms with Crippen LogP contribution in [0.5, 0.6) is 0 Å². The first-order chi connectivity index (χ1) is 12.8. The fourth-order valence-electron chi connectivity index (χ4n) is 3.68. The molecule has 3 heterocycles. The van der Waals surface area contributed by atoms with Crippen molar-refractivity contribution < 1.29 is 0 Å². The number of aryl methyl sites for hydroxylation is 2. The first kappa shape index (κ1) is 15.7. The average molecular weight is 360 g/mol. The predicted molar refractivity (Wildman–Crippen MR) is 107 cm³/mol. The van der Waals surface area contributed by atoms with Crippen LogP contribution in [0.4, 0.5) is 5.13 Å². The second kappa shape index (κ2) is 6.32. The van der Waals surface area contributed by atoms with Crippen LogP contribution in [0.1, 0.15) is 34.2 Å². The first-order valence-corrected chi connectivity index (χ1v) is 9.89. The molecule has 1 aromatic carbocycles. The molecular formula is C21H20N4S. The van der Waals surface area contributed by atoms with Crippen LogP contribution >= 0.6 is 11.3 Å². The van der Waals surface area contributed by atoms with Crippen LogP contribution < -0.4 is 4.90 Å². The van der Waals surface area contributed by atoms with Gasteiger partial charge in [0.15, 0.2) is 5.13 Å². The second-order valence-electron chi connectivity index (χ2n) is 7.01. The molecule has 0 unspecified atom stereocenters. The van der Waals surface area contributed by atoms with Crippen molar-refractivity contribution in [3.63, 3.8) is 0 Å². The van der Waals surface area contributed by atoms with Crippen molar-refractivity contribution >= 4 is 22.5 Å². The van der Waals surface area contributed by atoms with Gasteiger partial charge in [-0.3, -0.25) is 9.97 Å². The molecule has 1 fully saturated rings. The van der Waals surface area contributed by atoms with Gasteiger partial charge in [-0.05, 0) is 31.9 Å². The highest BCUT2D eigenvalue weighted by Crippen LogP contribution is 2.38. The van der Waals surface area contributed by atoms with E-state index in [0.717, 1.165) is 48.0 Å². The molecule has 3 aromatic rings. The maximum atomic E-state index is 4.85. The molecule has 5 rings (SSSR count). The highest BCUT2D eigenvalue weighted by Gasteiger charge is 2.33. The molecule has 0 amide bonds. The quantitative estimate of drug-likeness (QED) is 0.691. The highest BCUT2D eigenvalue weighted by molar-refractivity contribution is 7.16. The third kappa shape index (κ3) is 2.72. The van der Waals surface area contributed by atoms with Crippen LogP contribution in [0, 0.1) is 6.92 Å². The number of thiazole rings is 1. The van der Waals surface area contributed by atoms with Crippen LogP contribution in [0.2, 0.25) is 0 Å². The highest BCUT2D eigenvalue weighted by atomic mass is 32.1. The number of rotatable bonds is 3. The van der Waals surface area contributed by atoms with Gasteiger partial charge in [0.2, 0.25) is 0 Å². The standard InChI is InChI=1S/C21H20N4S/c1-14-5-4-6-15(11-14)19-20(23-10-9-22-19)16-12-25(13-16)21-24-17-7-2-3-8-18(17)26-21/h3-6,8-11,16H,2,7,12-13H2,1H3. The van der Waals surface area contributed by atoms with Crippen molar-refractivity contribution in [2.45, 2.75) is 25.7 Å². The van der Waals surface area contributed by atoms with Crippen LogP contribution in [0.25, 0.3) is 17.3 Å². The van der Waals surface area contributed by atoms with Crippen LogP contribution in [-0.4, -0.2) is 28.0 Å². The third-order valence-electron chi connectivity index (χ3n) is 5.09. The molecule has 0 bridgehead atoms. The Morgan fingerprint density at radius 3 is 2.88 bits per heavy atom. The SMILES string of the molecule is Cc1cccc(-c2nccnc2C2CN(c3nc4c(s3)C=CCC4)C2)c1. The summed E-state index contributed by atoms with van der Waals surface area (Å²) in [6.07, 6.45) is 10.2. The molecule has 2 aliphatic rings. The van der Waals surface area contributed by atoms with Gasteiger partial charge in [-0.2, -0.15) is 0 Å². The Balaban J connectivity index is 1.38. The molecule has 0 spiro atoms. The summed E-state index contributed by atoms with van der Waals surface area (Å²) in [5.41, 5.74) is 5.78. The summed E-state index contributed by atoms with van der Waals surface area (Å²) < 4.78 is 0. The van der Waals surface area contributed by atoms with E-state index < -0.39 is 0 Å². The van der Waals surface area contributed by atoms with Gasteiger partial charge in [-0.15, -0.1) is 0 Å². The van der Waals surface area contributed by atoms with Crippen LogP contribution in [0.15, 0.2) is 42.7 Å². The molecule has 1 saturated heterocycles. The molecule has 5 heteroatoms. The summed E-state index contributed by atoms with van der Waals surface area (Å²) in [5, 5.41) is 1.15. The van der Waals surface area contributed by atoms with Gasteiger partial charge < -0.3 is 4.90 Å². The first-order valence-electron chi connectivity index (χ1n) is 9.07. The molecule has 26 heavy (non-hydrogen) atoms. The van der Waals surface area contributed by atoms with Crippen molar-refractivity contribution in [2.24, 2.45) is 0 Å². The van der Waals surface area contributed by atoms with E-state index in [-0.39, 0.29) is 0 Å². The molecule has 0 N–H and O–H groups in total. The molecule has 130 valence electrons. The number of aromatic nitrogens is 3. The van der Waals surface area contributed by atoms with E-state index >= 15 is 0 Å². The van der Waals surface area contributed by atoms with E-state index in [1.54, 1.807) is 6.20 Å². The van der Waals surface area contributed by atoms with Gasteiger partial charge in [0.05, 0.1) is 22.0 Å². The number of benzene rings is 1. The number of allylic oxidation sites excluding steroid dienone is 1. The van der Waals surface area contributed by atoms with Crippen molar-refractivity contribution in [3.8, 4) is 11.3 Å².